The summed E-state index contributed by atoms with van der Waals surface area (Å²) in [6.07, 6.45) is 18.5. The van der Waals surface area contributed by atoms with E-state index in [2.05, 4.69) is 28.8 Å². The zero-order valence-corrected chi connectivity index (χ0v) is 32.4. The lowest BCUT2D eigenvalue weighted by Crippen LogP contribution is -2.41. The largest absolute Gasteiger partial charge is 0.479 e. The molecule has 4 rings (SSSR count). The Labute approximate surface area is 328 Å². The summed E-state index contributed by atoms with van der Waals surface area (Å²) in [4.78, 5) is 30.3. The Morgan fingerprint density at radius 3 is 2.61 bits per heavy atom. The molecule has 3 atom stereocenters. The number of rotatable bonds is 21. The van der Waals surface area contributed by atoms with E-state index in [0.717, 1.165) is 24.1 Å². The number of unbranched alkanes of at least 4 members (excludes halogenated alkanes) is 1. The number of Topliss-reactive ketones (excluding diaryl/α,β-unsaturated/α-hetero) is 1. The molecule has 1 heterocycles. The summed E-state index contributed by atoms with van der Waals surface area (Å²) in [5, 5.41) is 22.0. The summed E-state index contributed by atoms with van der Waals surface area (Å²) >= 11 is 0. The molecule has 0 saturated heterocycles. The van der Waals surface area contributed by atoms with E-state index >= 15 is 8.78 Å². The van der Waals surface area contributed by atoms with E-state index < -0.39 is 29.7 Å². The zero-order valence-electron chi connectivity index (χ0n) is 32.4. The van der Waals surface area contributed by atoms with Crippen molar-refractivity contribution < 1.29 is 23.1 Å². The Balaban J connectivity index is 1.39. The van der Waals surface area contributed by atoms with Gasteiger partial charge in [0.2, 0.25) is 11.7 Å². The molecule has 1 amide bonds. The molecule has 0 bridgehead atoms. The fourth-order valence-electron chi connectivity index (χ4n) is 6.32. The molecule has 56 heavy (non-hydrogen) atoms. The number of nitrogens with two attached hydrogens (primary N) is 1. The van der Waals surface area contributed by atoms with Crippen LogP contribution in [-0.4, -0.2) is 47.5 Å². The maximum atomic E-state index is 15.5. The molecule has 2 aromatic carbocycles. The maximum absolute atomic E-state index is 15.5. The Morgan fingerprint density at radius 1 is 1.11 bits per heavy atom. The van der Waals surface area contributed by atoms with Gasteiger partial charge >= 0.3 is 0 Å². The van der Waals surface area contributed by atoms with Crippen molar-refractivity contribution in [2.24, 2.45) is 16.6 Å². The van der Waals surface area contributed by atoms with Crippen LogP contribution >= 0.6 is 0 Å². The highest BCUT2D eigenvalue weighted by atomic mass is 19.2. The van der Waals surface area contributed by atoms with Crippen molar-refractivity contribution in [2.75, 3.05) is 11.9 Å². The predicted molar refractivity (Wildman–Crippen MR) is 224 cm³/mol. The molecular formula is C45H52F2N6O3. The summed E-state index contributed by atoms with van der Waals surface area (Å²) in [5.74, 6) is -3.29. The minimum Gasteiger partial charge on any atom is -0.479 e. The molecule has 11 heteroatoms. The third-order valence-corrected chi connectivity index (χ3v) is 9.45. The number of amides is 1. The number of ketones is 1. The van der Waals surface area contributed by atoms with Gasteiger partial charge in [0.1, 0.15) is 6.10 Å². The highest BCUT2D eigenvalue weighted by Gasteiger charge is 2.30. The van der Waals surface area contributed by atoms with Crippen molar-refractivity contribution in [1.82, 2.24) is 5.32 Å². The van der Waals surface area contributed by atoms with Crippen molar-refractivity contribution in [3.8, 4) is 5.75 Å². The van der Waals surface area contributed by atoms with Crippen LogP contribution in [0.25, 0.3) is 5.57 Å². The second-order valence-corrected chi connectivity index (χ2v) is 13.7. The van der Waals surface area contributed by atoms with Crippen molar-refractivity contribution in [3.63, 3.8) is 0 Å². The van der Waals surface area contributed by atoms with Gasteiger partial charge in [-0.1, -0.05) is 56.9 Å². The first-order valence-electron chi connectivity index (χ1n) is 18.9. The Kier molecular flexibility index (Phi) is 15.9. The van der Waals surface area contributed by atoms with Gasteiger partial charge in [-0.25, -0.2) is 4.39 Å². The van der Waals surface area contributed by atoms with E-state index in [0.29, 0.717) is 53.1 Å². The van der Waals surface area contributed by atoms with Crippen molar-refractivity contribution in [2.45, 2.75) is 77.9 Å². The number of benzene rings is 2. The van der Waals surface area contributed by atoms with E-state index in [4.69, 9.17) is 21.3 Å². The number of aliphatic imine (C=N–C) groups is 1. The standard InChI is InChI=1S/C45H52F2N6O3/c1-6-9-10-15-33(8-3)56-41-22-21-36(42(46)43(41)47)37-27-52-44-34(29(37)5)16-13-18-39(44)53-32-19-20-35(30(7-2)25-32)40(54)26-31(49)23-24-51-45(55)38(50)17-12-11-14-28(4)48/h6,8-10,13,15-16,18-22,25,27,33-34,38,48-49,53H,3,5,7,11-12,14,17,23-24,26,50H2,1-2,4H3,(H,51,55)/b9-6-,15-10-,48-28?,49-31?/t33?,34?,38-/m0/s1. The molecule has 6 N–H and O–H groups in total. The number of nitrogens with zero attached hydrogens (tertiary/aromatic N) is 1. The third-order valence-electron chi connectivity index (χ3n) is 9.45. The number of nitrogens with one attached hydrogen (secondary N) is 4. The van der Waals surface area contributed by atoms with Gasteiger partial charge in [-0.15, -0.1) is 0 Å². The van der Waals surface area contributed by atoms with Crippen LogP contribution < -0.4 is 21.1 Å². The van der Waals surface area contributed by atoms with Crippen LogP contribution in [0.1, 0.15) is 80.8 Å². The molecule has 0 saturated carbocycles. The summed E-state index contributed by atoms with van der Waals surface area (Å²) < 4.78 is 36.5. The van der Waals surface area contributed by atoms with Crippen LogP contribution in [0.4, 0.5) is 14.5 Å². The van der Waals surface area contributed by atoms with Gasteiger partial charge in [0, 0.05) is 65.3 Å². The lowest BCUT2D eigenvalue weighted by molar-refractivity contribution is -0.122. The summed E-state index contributed by atoms with van der Waals surface area (Å²) in [6.45, 7) is 13.7. The summed E-state index contributed by atoms with van der Waals surface area (Å²) in [6, 6.07) is 7.63. The first-order valence-corrected chi connectivity index (χ1v) is 18.9. The molecule has 9 nitrogen and oxygen atoms in total. The second kappa shape index (κ2) is 20.8. The maximum Gasteiger partial charge on any atom is 0.236 e. The van der Waals surface area contributed by atoms with E-state index in [1.54, 1.807) is 37.3 Å². The molecule has 0 radical (unpaired) electrons. The molecule has 2 aromatic rings. The van der Waals surface area contributed by atoms with E-state index in [1.165, 1.54) is 24.4 Å². The van der Waals surface area contributed by atoms with Crippen LogP contribution in [0.2, 0.25) is 0 Å². The van der Waals surface area contributed by atoms with Crippen LogP contribution in [0.15, 0.2) is 115 Å². The minimum atomic E-state index is -1.12. The average Bonchev–Trinajstić information content (AvgIpc) is 3.18. The molecule has 2 unspecified atom stereocenters. The van der Waals surface area contributed by atoms with Crippen LogP contribution in [0.5, 0.6) is 5.75 Å². The number of aryl methyl sites for hydroxylation is 1. The third kappa shape index (κ3) is 11.4. The van der Waals surface area contributed by atoms with Crippen LogP contribution in [-0.2, 0) is 11.2 Å². The van der Waals surface area contributed by atoms with Crippen LogP contribution in [0.3, 0.4) is 0 Å². The van der Waals surface area contributed by atoms with Gasteiger partial charge in [-0.05, 0) is 99.2 Å². The smallest absolute Gasteiger partial charge is 0.236 e. The number of ether oxygens (including phenoxy) is 1. The van der Waals surface area contributed by atoms with Crippen molar-refractivity contribution >= 4 is 40.1 Å². The SMILES string of the molecule is C=CC(/C=C\C=C/C)Oc1ccc(C2=CN=C3C(Nc4ccc(C(=O)CC(=N)CCNC(=O)[C@@H](N)CCCCC(C)=N)c(CC)c4)=CC=CC3C2=C)c(F)c1F. The quantitative estimate of drug-likeness (QED) is 0.0282. The first kappa shape index (κ1) is 42.9. The molecule has 294 valence electrons. The van der Waals surface area contributed by atoms with E-state index in [-0.39, 0.29) is 48.1 Å². The normalized spacial score (nSPS) is 16.1. The summed E-state index contributed by atoms with van der Waals surface area (Å²) in [5.41, 5.74) is 11.2. The van der Waals surface area contributed by atoms with Crippen molar-refractivity contribution in [3.05, 3.63) is 138 Å². The van der Waals surface area contributed by atoms with Gasteiger partial charge in [0.15, 0.2) is 17.3 Å². The fourth-order valence-corrected chi connectivity index (χ4v) is 6.32. The van der Waals surface area contributed by atoms with Gasteiger partial charge in [-0.2, -0.15) is 4.39 Å². The number of hydrogen-bond acceptors (Lipinski definition) is 8. The van der Waals surface area contributed by atoms with E-state index in [1.807, 2.05) is 44.2 Å². The van der Waals surface area contributed by atoms with Gasteiger partial charge in [0.05, 0.1) is 17.5 Å². The topological polar surface area (TPSA) is 154 Å². The van der Waals surface area contributed by atoms with Gasteiger partial charge in [-0.3, -0.25) is 14.6 Å². The van der Waals surface area contributed by atoms with Crippen molar-refractivity contribution in [1.29, 1.82) is 10.8 Å². The molecular weight excluding hydrogens is 711 g/mol. The molecule has 1 aliphatic heterocycles. The zero-order chi connectivity index (χ0) is 40.8. The predicted octanol–water partition coefficient (Wildman–Crippen LogP) is 9.15. The minimum absolute atomic E-state index is 0.0201. The monoisotopic (exact) mass is 762 g/mol. The molecule has 0 aromatic heterocycles. The number of carbonyl (C=O) groups excluding carboxylic acids is 2. The highest BCUT2D eigenvalue weighted by molar-refractivity contribution is 6.12. The van der Waals surface area contributed by atoms with E-state index in [9.17, 15) is 9.59 Å². The molecule has 1 aliphatic carbocycles. The average molecular weight is 763 g/mol. The first-order chi connectivity index (χ1) is 26.9. The molecule has 0 spiro atoms. The number of hydrogen-bond donors (Lipinski definition) is 5. The number of fused-ring (bicyclic) bond motifs is 1. The highest BCUT2D eigenvalue weighted by Crippen LogP contribution is 2.39. The Morgan fingerprint density at radius 2 is 1.89 bits per heavy atom. The Bertz CT molecular complexity index is 2040. The van der Waals surface area contributed by atoms with Crippen LogP contribution in [0, 0.1) is 28.4 Å². The molecule has 0 fully saturated rings. The second-order valence-electron chi connectivity index (χ2n) is 13.7. The summed E-state index contributed by atoms with van der Waals surface area (Å²) in [7, 11) is 0. The number of carbonyl (C=O) groups is 2. The van der Waals surface area contributed by atoms with Gasteiger partial charge < -0.3 is 31.9 Å². The fraction of sp³-hybridized carbons (Fsp3) is 0.311. The number of halogens is 2. The number of allylic oxidation sites excluding steroid dienone is 9. The molecule has 2 aliphatic rings. The lowest BCUT2D eigenvalue weighted by Gasteiger charge is -2.28. The van der Waals surface area contributed by atoms with Gasteiger partial charge in [0.25, 0.3) is 0 Å². The Hall–Kier alpha value is -5.81. The lowest BCUT2D eigenvalue weighted by atomic mass is 9.81. The number of anilines is 1.